The maximum absolute atomic E-state index is 4.00. The topological polar surface area (TPSA) is 37.8 Å². The van der Waals surface area contributed by atoms with Crippen molar-refractivity contribution in [3.63, 3.8) is 0 Å². The highest BCUT2D eigenvalue weighted by molar-refractivity contribution is 7.05. The van der Waals surface area contributed by atoms with Crippen LogP contribution in [0.15, 0.2) is 6.20 Å². The monoisotopic (exact) mass is 239 g/mol. The quantitative estimate of drug-likeness (QED) is 0.820. The van der Waals surface area contributed by atoms with Gasteiger partial charge in [-0.3, -0.25) is 0 Å². The Morgan fingerprint density at radius 1 is 1.38 bits per heavy atom. The molecule has 3 nitrogen and oxygen atoms in total. The van der Waals surface area contributed by atoms with Gasteiger partial charge < -0.3 is 5.32 Å². The fourth-order valence-electron chi connectivity index (χ4n) is 2.68. The van der Waals surface area contributed by atoms with Crippen molar-refractivity contribution in [2.45, 2.75) is 51.5 Å². The molecule has 1 saturated carbocycles. The van der Waals surface area contributed by atoms with E-state index in [0.29, 0.717) is 6.04 Å². The van der Waals surface area contributed by atoms with Crippen molar-refractivity contribution < 1.29 is 0 Å². The second-order valence-corrected chi connectivity index (χ2v) is 5.42. The van der Waals surface area contributed by atoms with Gasteiger partial charge in [0.15, 0.2) is 0 Å². The van der Waals surface area contributed by atoms with Crippen molar-refractivity contribution in [2.75, 3.05) is 6.54 Å². The van der Waals surface area contributed by atoms with Gasteiger partial charge in [0.1, 0.15) is 0 Å². The molecule has 0 amide bonds. The van der Waals surface area contributed by atoms with Crippen LogP contribution in [0.25, 0.3) is 0 Å². The Balaban J connectivity index is 2.05. The Labute approximate surface area is 102 Å². The fourth-order valence-corrected chi connectivity index (χ4v) is 3.35. The number of rotatable bonds is 4. The molecule has 16 heavy (non-hydrogen) atoms. The molecule has 0 bridgehead atoms. The average molecular weight is 239 g/mol. The molecular weight excluding hydrogens is 218 g/mol. The van der Waals surface area contributed by atoms with Crippen molar-refractivity contribution in [1.82, 2.24) is 14.9 Å². The average Bonchev–Trinajstić information content (AvgIpc) is 2.69. The summed E-state index contributed by atoms with van der Waals surface area (Å²) in [7, 11) is 0. The number of hydrogen-bond acceptors (Lipinski definition) is 4. The SMILES string of the molecule is CCNC(c1cnns1)C1CCCCCC1. The van der Waals surface area contributed by atoms with Crippen molar-refractivity contribution in [3.05, 3.63) is 11.1 Å². The Bertz CT molecular complexity index is 278. The predicted octanol–water partition coefficient (Wildman–Crippen LogP) is 3.16. The maximum atomic E-state index is 4.00. The van der Waals surface area contributed by atoms with E-state index in [-0.39, 0.29) is 0 Å². The molecule has 0 saturated heterocycles. The van der Waals surface area contributed by atoms with Gasteiger partial charge in [0, 0.05) is 6.04 Å². The van der Waals surface area contributed by atoms with Gasteiger partial charge in [-0.1, -0.05) is 37.1 Å². The number of hydrogen-bond donors (Lipinski definition) is 1. The van der Waals surface area contributed by atoms with Crippen LogP contribution in [0.5, 0.6) is 0 Å². The summed E-state index contributed by atoms with van der Waals surface area (Å²) < 4.78 is 4.00. The first-order chi connectivity index (χ1) is 7.92. The van der Waals surface area contributed by atoms with E-state index in [0.717, 1.165) is 12.5 Å². The minimum absolute atomic E-state index is 0.489. The molecule has 0 spiro atoms. The van der Waals surface area contributed by atoms with E-state index in [2.05, 4.69) is 21.8 Å². The first kappa shape index (κ1) is 12.0. The third-order valence-electron chi connectivity index (χ3n) is 3.48. The summed E-state index contributed by atoms with van der Waals surface area (Å²) in [6, 6.07) is 0.489. The zero-order valence-corrected chi connectivity index (χ0v) is 10.8. The highest BCUT2D eigenvalue weighted by Gasteiger charge is 2.24. The first-order valence-corrected chi connectivity index (χ1v) is 7.19. The first-order valence-electron chi connectivity index (χ1n) is 6.42. The second kappa shape index (κ2) is 6.30. The summed E-state index contributed by atoms with van der Waals surface area (Å²) in [5, 5.41) is 7.59. The molecule has 4 heteroatoms. The lowest BCUT2D eigenvalue weighted by molar-refractivity contribution is 0.334. The minimum atomic E-state index is 0.489. The summed E-state index contributed by atoms with van der Waals surface area (Å²) in [5.41, 5.74) is 0. The van der Waals surface area contributed by atoms with E-state index < -0.39 is 0 Å². The highest BCUT2D eigenvalue weighted by atomic mass is 32.1. The third kappa shape index (κ3) is 3.01. The molecule has 1 aliphatic rings. The number of nitrogens with one attached hydrogen (secondary N) is 1. The Morgan fingerprint density at radius 2 is 2.12 bits per heavy atom. The lowest BCUT2D eigenvalue weighted by atomic mass is 9.91. The van der Waals surface area contributed by atoms with Crippen LogP contribution in [0.1, 0.15) is 56.4 Å². The van der Waals surface area contributed by atoms with Gasteiger partial charge in [0.2, 0.25) is 0 Å². The zero-order chi connectivity index (χ0) is 11.2. The summed E-state index contributed by atoms with van der Waals surface area (Å²) in [4.78, 5) is 1.31. The van der Waals surface area contributed by atoms with Crippen LogP contribution in [0, 0.1) is 5.92 Å². The lowest BCUT2D eigenvalue weighted by Gasteiger charge is -2.25. The maximum Gasteiger partial charge on any atom is 0.0669 e. The second-order valence-electron chi connectivity index (χ2n) is 4.61. The largest absolute Gasteiger partial charge is 0.309 e. The molecule has 1 unspecified atom stereocenters. The van der Waals surface area contributed by atoms with Gasteiger partial charge in [-0.05, 0) is 36.8 Å². The van der Waals surface area contributed by atoms with E-state index in [1.165, 1.54) is 43.4 Å². The summed E-state index contributed by atoms with van der Waals surface area (Å²) >= 11 is 1.55. The summed E-state index contributed by atoms with van der Waals surface area (Å²) in [6.45, 7) is 3.21. The van der Waals surface area contributed by atoms with E-state index in [1.54, 1.807) is 11.5 Å². The molecule has 1 N–H and O–H groups in total. The summed E-state index contributed by atoms with van der Waals surface area (Å²) in [5.74, 6) is 0.782. The van der Waals surface area contributed by atoms with Crippen LogP contribution in [0.4, 0.5) is 0 Å². The van der Waals surface area contributed by atoms with Gasteiger partial charge in [-0.25, -0.2) is 0 Å². The zero-order valence-electron chi connectivity index (χ0n) is 9.98. The Morgan fingerprint density at radius 3 is 2.69 bits per heavy atom. The van der Waals surface area contributed by atoms with E-state index >= 15 is 0 Å². The molecule has 2 rings (SSSR count). The van der Waals surface area contributed by atoms with Gasteiger partial charge >= 0.3 is 0 Å². The lowest BCUT2D eigenvalue weighted by Crippen LogP contribution is -2.27. The van der Waals surface area contributed by atoms with Gasteiger partial charge in [-0.15, -0.1) is 5.10 Å². The molecular formula is C12H21N3S. The Kier molecular flexibility index (Phi) is 4.72. The van der Waals surface area contributed by atoms with Gasteiger partial charge in [-0.2, -0.15) is 0 Å². The molecule has 90 valence electrons. The molecule has 0 radical (unpaired) electrons. The molecule has 1 atom stereocenters. The van der Waals surface area contributed by atoms with E-state index in [9.17, 15) is 0 Å². The fraction of sp³-hybridized carbons (Fsp3) is 0.833. The van der Waals surface area contributed by atoms with Crippen LogP contribution < -0.4 is 5.32 Å². The van der Waals surface area contributed by atoms with Crippen molar-refractivity contribution in [2.24, 2.45) is 5.92 Å². The Hall–Kier alpha value is -0.480. The number of aromatic nitrogens is 2. The van der Waals surface area contributed by atoms with Crippen LogP contribution in [-0.4, -0.2) is 16.1 Å². The molecule has 0 aromatic carbocycles. The molecule has 1 aromatic rings. The third-order valence-corrected chi connectivity index (χ3v) is 4.23. The minimum Gasteiger partial charge on any atom is -0.309 e. The van der Waals surface area contributed by atoms with Crippen LogP contribution in [-0.2, 0) is 0 Å². The van der Waals surface area contributed by atoms with Crippen LogP contribution in [0.3, 0.4) is 0 Å². The van der Waals surface area contributed by atoms with Crippen molar-refractivity contribution in [1.29, 1.82) is 0 Å². The molecule has 1 aromatic heterocycles. The highest BCUT2D eigenvalue weighted by Crippen LogP contribution is 2.34. The van der Waals surface area contributed by atoms with E-state index in [1.807, 2.05) is 6.20 Å². The van der Waals surface area contributed by atoms with Gasteiger partial charge in [0.25, 0.3) is 0 Å². The number of nitrogens with zero attached hydrogens (tertiary/aromatic N) is 2. The smallest absolute Gasteiger partial charge is 0.0669 e. The molecule has 1 heterocycles. The normalized spacial score (nSPS) is 20.6. The molecule has 1 fully saturated rings. The molecule has 1 aliphatic carbocycles. The molecule has 0 aliphatic heterocycles. The summed E-state index contributed by atoms with van der Waals surface area (Å²) in [6.07, 6.45) is 10.2. The standard InChI is InChI=1S/C12H21N3S/c1-2-13-12(11-9-14-15-16-11)10-7-5-3-4-6-8-10/h9-10,12-13H,2-8H2,1H3. The van der Waals surface area contributed by atoms with Gasteiger partial charge in [0.05, 0.1) is 11.1 Å². The van der Waals surface area contributed by atoms with Crippen molar-refractivity contribution in [3.8, 4) is 0 Å². The van der Waals surface area contributed by atoms with Crippen LogP contribution >= 0.6 is 11.5 Å². The van der Waals surface area contributed by atoms with E-state index in [4.69, 9.17) is 0 Å². The van der Waals surface area contributed by atoms with Crippen molar-refractivity contribution >= 4 is 11.5 Å². The predicted molar refractivity (Wildman–Crippen MR) is 67.5 cm³/mol. The van der Waals surface area contributed by atoms with Crippen LogP contribution in [0.2, 0.25) is 0 Å².